The second-order valence-electron chi connectivity index (χ2n) is 4.99. The lowest BCUT2D eigenvalue weighted by Gasteiger charge is -2.11. The SMILES string of the molecule is CC(C)NCc1noc(-c2ccc(N(C)C)cc2)n1. The van der Waals surface area contributed by atoms with Crippen LogP contribution in [0.5, 0.6) is 0 Å². The molecule has 0 saturated heterocycles. The van der Waals surface area contributed by atoms with E-state index in [2.05, 4.69) is 34.2 Å². The van der Waals surface area contributed by atoms with Gasteiger partial charge in [-0.3, -0.25) is 0 Å². The Bertz CT molecular complexity index is 516. The van der Waals surface area contributed by atoms with Crippen molar-refractivity contribution in [2.75, 3.05) is 19.0 Å². The van der Waals surface area contributed by atoms with Crippen LogP contribution in [-0.4, -0.2) is 30.3 Å². The fourth-order valence-electron chi connectivity index (χ4n) is 1.64. The van der Waals surface area contributed by atoms with Crippen molar-refractivity contribution in [3.63, 3.8) is 0 Å². The van der Waals surface area contributed by atoms with Crippen LogP contribution in [0.4, 0.5) is 5.69 Å². The van der Waals surface area contributed by atoms with E-state index in [9.17, 15) is 0 Å². The van der Waals surface area contributed by atoms with Crippen molar-refractivity contribution < 1.29 is 4.52 Å². The van der Waals surface area contributed by atoms with Crippen LogP contribution in [0.1, 0.15) is 19.7 Å². The molecule has 0 spiro atoms. The summed E-state index contributed by atoms with van der Waals surface area (Å²) >= 11 is 0. The Morgan fingerprint density at radius 1 is 1.21 bits per heavy atom. The molecule has 1 heterocycles. The second-order valence-corrected chi connectivity index (χ2v) is 4.99. The summed E-state index contributed by atoms with van der Waals surface area (Å²) < 4.78 is 5.27. The molecule has 0 bridgehead atoms. The lowest BCUT2D eigenvalue weighted by molar-refractivity contribution is 0.417. The number of hydrogen-bond donors (Lipinski definition) is 1. The van der Waals surface area contributed by atoms with E-state index in [1.807, 2.05) is 38.4 Å². The van der Waals surface area contributed by atoms with Gasteiger partial charge in [-0.15, -0.1) is 0 Å². The zero-order valence-electron chi connectivity index (χ0n) is 11.8. The zero-order chi connectivity index (χ0) is 13.8. The molecule has 5 nitrogen and oxygen atoms in total. The van der Waals surface area contributed by atoms with Crippen molar-refractivity contribution in [1.29, 1.82) is 0 Å². The third-order valence-corrected chi connectivity index (χ3v) is 2.77. The van der Waals surface area contributed by atoms with Crippen molar-refractivity contribution in [3.05, 3.63) is 30.1 Å². The lowest BCUT2D eigenvalue weighted by atomic mass is 10.2. The van der Waals surface area contributed by atoms with E-state index >= 15 is 0 Å². The summed E-state index contributed by atoms with van der Waals surface area (Å²) in [6.07, 6.45) is 0. The largest absolute Gasteiger partial charge is 0.378 e. The average molecular weight is 260 g/mol. The third-order valence-electron chi connectivity index (χ3n) is 2.77. The number of nitrogens with one attached hydrogen (secondary N) is 1. The van der Waals surface area contributed by atoms with Crippen molar-refractivity contribution >= 4 is 5.69 Å². The Balaban J connectivity index is 2.09. The Kier molecular flexibility index (Phi) is 4.16. The first-order chi connectivity index (χ1) is 9.06. The van der Waals surface area contributed by atoms with Crippen LogP contribution in [0, 0.1) is 0 Å². The molecule has 5 heteroatoms. The van der Waals surface area contributed by atoms with Crippen molar-refractivity contribution in [2.24, 2.45) is 0 Å². The zero-order valence-corrected chi connectivity index (χ0v) is 11.8. The van der Waals surface area contributed by atoms with Crippen LogP contribution in [0.2, 0.25) is 0 Å². The molecule has 102 valence electrons. The molecule has 0 unspecified atom stereocenters. The van der Waals surface area contributed by atoms with Gasteiger partial charge in [0, 0.05) is 31.4 Å². The van der Waals surface area contributed by atoms with Gasteiger partial charge in [-0.2, -0.15) is 4.98 Å². The molecule has 2 aromatic rings. The summed E-state index contributed by atoms with van der Waals surface area (Å²) in [6.45, 7) is 4.79. The summed E-state index contributed by atoms with van der Waals surface area (Å²) in [5, 5.41) is 7.22. The molecule has 2 rings (SSSR count). The predicted octanol–water partition coefficient (Wildman–Crippen LogP) is 2.30. The Morgan fingerprint density at radius 2 is 1.89 bits per heavy atom. The monoisotopic (exact) mass is 260 g/mol. The van der Waals surface area contributed by atoms with Crippen molar-refractivity contribution in [1.82, 2.24) is 15.5 Å². The molecule has 1 aromatic heterocycles. The highest BCUT2D eigenvalue weighted by atomic mass is 16.5. The minimum atomic E-state index is 0.404. The normalized spacial score (nSPS) is 11.0. The summed E-state index contributed by atoms with van der Waals surface area (Å²) in [7, 11) is 4.02. The Hall–Kier alpha value is -1.88. The molecule has 1 N–H and O–H groups in total. The number of hydrogen-bond acceptors (Lipinski definition) is 5. The highest BCUT2D eigenvalue weighted by molar-refractivity contribution is 5.58. The molecule has 0 amide bonds. The van der Waals surface area contributed by atoms with E-state index < -0.39 is 0 Å². The summed E-state index contributed by atoms with van der Waals surface area (Å²) in [6, 6.07) is 8.45. The van der Waals surface area contributed by atoms with Crippen molar-refractivity contribution in [2.45, 2.75) is 26.4 Å². The molecule has 0 aliphatic rings. The van der Waals surface area contributed by atoms with E-state index in [-0.39, 0.29) is 0 Å². The van der Waals surface area contributed by atoms with Gasteiger partial charge in [-0.1, -0.05) is 19.0 Å². The number of aromatic nitrogens is 2. The smallest absolute Gasteiger partial charge is 0.257 e. The number of rotatable bonds is 5. The summed E-state index contributed by atoms with van der Waals surface area (Å²) in [5.41, 5.74) is 2.08. The van der Waals surface area contributed by atoms with E-state index in [4.69, 9.17) is 4.52 Å². The van der Waals surface area contributed by atoms with Crippen LogP contribution >= 0.6 is 0 Å². The predicted molar refractivity (Wildman–Crippen MR) is 76.0 cm³/mol. The van der Waals surface area contributed by atoms with Crippen LogP contribution in [0.25, 0.3) is 11.5 Å². The number of benzene rings is 1. The van der Waals surface area contributed by atoms with Gasteiger partial charge in [0.1, 0.15) is 0 Å². The number of anilines is 1. The number of nitrogens with zero attached hydrogens (tertiary/aromatic N) is 3. The van der Waals surface area contributed by atoms with Crippen LogP contribution < -0.4 is 10.2 Å². The Labute approximate surface area is 113 Å². The van der Waals surface area contributed by atoms with Gasteiger partial charge in [0.05, 0.1) is 6.54 Å². The fraction of sp³-hybridized carbons (Fsp3) is 0.429. The molecule has 0 atom stereocenters. The molecule has 0 aliphatic carbocycles. The van der Waals surface area contributed by atoms with E-state index in [1.54, 1.807) is 0 Å². The van der Waals surface area contributed by atoms with E-state index in [0.29, 0.717) is 24.3 Å². The fourth-order valence-corrected chi connectivity index (χ4v) is 1.64. The third kappa shape index (κ3) is 3.54. The first-order valence-electron chi connectivity index (χ1n) is 6.40. The summed E-state index contributed by atoms with van der Waals surface area (Å²) in [5.74, 6) is 1.24. The maximum atomic E-state index is 5.27. The van der Waals surface area contributed by atoms with Gasteiger partial charge in [0.15, 0.2) is 5.82 Å². The quantitative estimate of drug-likeness (QED) is 0.894. The summed E-state index contributed by atoms with van der Waals surface area (Å²) in [4.78, 5) is 6.42. The van der Waals surface area contributed by atoms with Gasteiger partial charge >= 0.3 is 0 Å². The lowest BCUT2D eigenvalue weighted by Crippen LogP contribution is -2.22. The van der Waals surface area contributed by atoms with Gasteiger partial charge in [-0.05, 0) is 24.3 Å². The standard InChI is InChI=1S/C14H20N4O/c1-10(2)15-9-13-16-14(19-17-13)11-5-7-12(8-6-11)18(3)4/h5-8,10,15H,9H2,1-4H3. The molecule has 1 aromatic carbocycles. The Morgan fingerprint density at radius 3 is 2.47 bits per heavy atom. The van der Waals surface area contributed by atoms with E-state index in [1.165, 1.54) is 0 Å². The molecule has 0 radical (unpaired) electrons. The van der Waals surface area contributed by atoms with Gasteiger partial charge < -0.3 is 14.7 Å². The highest BCUT2D eigenvalue weighted by Gasteiger charge is 2.09. The van der Waals surface area contributed by atoms with Gasteiger partial charge in [0.2, 0.25) is 0 Å². The maximum absolute atomic E-state index is 5.27. The first kappa shape index (κ1) is 13.5. The topological polar surface area (TPSA) is 54.2 Å². The van der Waals surface area contributed by atoms with Crippen molar-refractivity contribution in [3.8, 4) is 11.5 Å². The van der Waals surface area contributed by atoms with Crippen LogP contribution in [0.15, 0.2) is 28.8 Å². The minimum absolute atomic E-state index is 0.404. The second kappa shape index (κ2) is 5.84. The van der Waals surface area contributed by atoms with E-state index in [0.717, 1.165) is 11.3 Å². The molecular formula is C14H20N4O. The average Bonchev–Trinajstić information content (AvgIpc) is 2.85. The molecule has 0 aliphatic heterocycles. The molecule has 0 fully saturated rings. The maximum Gasteiger partial charge on any atom is 0.257 e. The minimum Gasteiger partial charge on any atom is -0.378 e. The highest BCUT2D eigenvalue weighted by Crippen LogP contribution is 2.20. The van der Waals surface area contributed by atoms with Gasteiger partial charge in [-0.25, -0.2) is 0 Å². The molecular weight excluding hydrogens is 240 g/mol. The first-order valence-corrected chi connectivity index (χ1v) is 6.40. The van der Waals surface area contributed by atoms with Crippen LogP contribution in [-0.2, 0) is 6.54 Å². The van der Waals surface area contributed by atoms with Gasteiger partial charge in [0.25, 0.3) is 5.89 Å². The molecule has 0 saturated carbocycles. The van der Waals surface area contributed by atoms with Crippen LogP contribution in [0.3, 0.4) is 0 Å². The molecule has 19 heavy (non-hydrogen) atoms.